The van der Waals surface area contributed by atoms with E-state index in [9.17, 15) is 0 Å². The second kappa shape index (κ2) is 3.31. The fraction of sp³-hybridized carbons (Fsp3) is 0.100. The molecular weight excluding hydrogens is 164 g/mol. The average molecular weight is 175 g/mol. The molecule has 13 heavy (non-hydrogen) atoms. The first-order valence-electron chi connectivity index (χ1n) is 4.10. The zero-order chi connectivity index (χ0) is 9.10. The van der Waals surface area contributed by atoms with E-state index in [1.807, 2.05) is 35.0 Å². The van der Waals surface area contributed by atoms with Gasteiger partial charge in [-0.25, -0.2) is 0 Å². The molecule has 0 atom stereocenters. The van der Waals surface area contributed by atoms with Crippen LogP contribution in [0.15, 0.2) is 47.5 Å². The molecule has 1 heterocycles. The van der Waals surface area contributed by atoms with Crippen molar-refractivity contribution >= 4 is 5.69 Å². The molecule has 0 unspecified atom stereocenters. The zero-order valence-electron chi connectivity index (χ0n) is 7.18. The molecule has 3 heteroatoms. The van der Waals surface area contributed by atoms with Crippen LogP contribution in [0.1, 0.15) is 5.56 Å². The quantitative estimate of drug-likeness (QED) is 0.550. The summed E-state index contributed by atoms with van der Waals surface area (Å²) in [7, 11) is 0. The van der Waals surface area contributed by atoms with Crippen molar-refractivity contribution < 1.29 is 8.98 Å². The van der Waals surface area contributed by atoms with E-state index in [1.54, 1.807) is 12.7 Å². The Bertz CT molecular complexity index is 364. The first kappa shape index (κ1) is 7.86. The maximum absolute atomic E-state index is 5.57. The van der Waals surface area contributed by atoms with Crippen LogP contribution < -0.4 is 10.3 Å². The number of benzene rings is 1. The van der Waals surface area contributed by atoms with Gasteiger partial charge in [0.05, 0.1) is 0 Å². The van der Waals surface area contributed by atoms with E-state index in [4.69, 9.17) is 10.2 Å². The van der Waals surface area contributed by atoms with E-state index < -0.39 is 0 Å². The summed E-state index contributed by atoms with van der Waals surface area (Å²) in [6.45, 7) is 0.816. The minimum absolute atomic E-state index is 0.793. The Hall–Kier alpha value is -1.77. The van der Waals surface area contributed by atoms with Crippen molar-refractivity contribution in [3.63, 3.8) is 0 Å². The van der Waals surface area contributed by atoms with Crippen LogP contribution in [0.4, 0.5) is 5.69 Å². The van der Waals surface area contributed by atoms with Gasteiger partial charge in [-0.3, -0.25) is 0 Å². The highest BCUT2D eigenvalue weighted by atomic mass is 16.3. The third-order valence-corrected chi connectivity index (χ3v) is 1.87. The molecule has 0 bridgehead atoms. The summed E-state index contributed by atoms with van der Waals surface area (Å²) in [5.74, 6) is 0. The van der Waals surface area contributed by atoms with Gasteiger partial charge in [-0.05, 0) is 12.1 Å². The molecule has 0 saturated heterocycles. The number of anilines is 1. The molecule has 0 saturated carbocycles. The fourth-order valence-corrected chi connectivity index (χ4v) is 1.19. The van der Waals surface area contributed by atoms with Gasteiger partial charge in [0.1, 0.15) is 0 Å². The van der Waals surface area contributed by atoms with Crippen molar-refractivity contribution in [3.05, 3.63) is 48.7 Å². The maximum atomic E-state index is 5.57. The van der Waals surface area contributed by atoms with Gasteiger partial charge in [-0.2, -0.15) is 4.57 Å². The lowest BCUT2D eigenvalue weighted by Gasteiger charge is -1.95. The molecule has 2 N–H and O–H groups in total. The minimum atomic E-state index is 0.793. The molecule has 0 spiro atoms. The molecule has 0 aliphatic heterocycles. The summed E-state index contributed by atoms with van der Waals surface area (Å²) in [5.41, 5.74) is 7.58. The minimum Gasteiger partial charge on any atom is -0.412 e. The maximum Gasteiger partial charge on any atom is 0.334 e. The van der Waals surface area contributed by atoms with Crippen LogP contribution in [0.5, 0.6) is 0 Å². The zero-order valence-corrected chi connectivity index (χ0v) is 7.18. The predicted octanol–water partition coefficient (Wildman–Crippen LogP) is 1.20. The number of rotatable bonds is 2. The third-order valence-electron chi connectivity index (χ3n) is 1.87. The van der Waals surface area contributed by atoms with E-state index in [0.717, 1.165) is 12.2 Å². The Labute approximate surface area is 76.4 Å². The lowest BCUT2D eigenvalue weighted by molar-refractivity contribution is -0.691. The summed E-state index contributed by atoms with van der Waals surface area (Å²) in [6.07, 6.45) is 5.21. The largest absolute Gasteiger partial charge is 0.412 e. The molecule has 0 aliphatic carbocycles. The smallest absolute Gasteiger partial charge is 0.334 e. The highest BCUT2D eigenvalue weighted by molar-refractivity contribution is 5.38. The number of hydrogen-bond donors (Lipinski definition) is 1. The van der Waals surface area contributed by atoms with Crippen molar-refractivity contribution in [1.82, 2.24) is 0 Å². The first-order valence-corrected chi connectivity index (χ1v) is 4.10. The summed E-state index contributed by atoms with van der Waals surface area (Å²) in [6, 6.07) is 7.82. The number of nitrogens with zero attached hydrogens (tertiary/aromatic N) is 1. The summed E-state index contributed by atoms with van der Waals surface area (Å²) >= 11 is 0. The number of aromatic nitrogens is 1. The second-order valence-electron chi connectivity index (χ2n) is 2.94. The molecule has 2 rings (SSSR count). The van der Waals surface area contributed by atoms with Crippen molar-refractivity contribution in [3.8, 4) is 0 Å². The van der Waals surface area contributed by atoms with Crippen LogP contribution >= 0.6 is 0 Å². The van der Waals surface area contributed by atoms with E-state index in [1.165, 1.54) is 5.56 Å². The summed E-state index contributed by atoms with van der Waals surface area (Å²) < 4.78 is 6.91. The number of nitrogen functional groups attached to an aromatic ring is 1. The molecule has 1 aromatic heterocycles. The molecule has 0 amide bonds. The Morgan fingerprint density at radius 2 is 2.00 bits per heavy atom. The van der Waals surface area contributed by atoms with Gasteiger partial charge < -0.3 is 10.2 Å². The molecule has 66 valence electrons. The Kier molecular flexibility index (Phi) is 2.00. The van der Waals surface area contributed by atoms with Crippen molar-refractivity contribution in [2.45, 2.75) is 6.54 Å². The predicted molar refractivity (Wildman–Crippen MR) is 48.9 cm³/mol. The number of oxazole rings is 1. The van der Waals surface area contributed by atoms with Gasteiger partial charge in [0.25, 0.3) is 0 Å². The molecule has 2 aromatic rings. The van der Waals surface area contributed by atoms with E-state index in [-0.39, 0.29) is 0 Å². The van der Waals surface area contributed by atoms with Crippen LogP contribution in [0.2, 0.25) is 0 Å². The highest BCUT2D eigenvalue weighted by Gasteiger charge is 2.02. The Morgan fingerprint density at radius 1 is 1.23 bits per heavy atom. The summed E-state index contributed by atoms with van der Waals surface area (Å²) in [5, 5.41) is 0. The van der Waals surface area contributed by atoms with Gasteiger partial charge in [-0.15, -0.1) is 0 Å². The van der Waals surface area contributed by atoms with Crippen LogP contribution in [0.25, 0.3) is 0 Å². The normalized spacial score (nSPS) is 10.2. The number of hydrogen-bond acceptors (Lipinski definition) is 2. The molecular formula is C10H11N2O+. The average Bonchev–Trinajstić information content (AvgIpc) is 2.62. The van der Waals surface area contributed by atoms with Gasteiger partial charge in [0, 0.05) is 11.3 Å². The van der Waals surface area contributed by atoms with Crippen LogP contribution in [0.3, 0.4) is 0 Å². The van der Waals surface area contributed by atoms with E-state index in [0.29, 0.717) is 0 Å². The van der Waals surface area contributed by atoms with Crippen LogP contribution in [-0.2, 0) is 6.54 Å². The van der Waals surface area contributed by atoms with Crippen molar-refractivity contribution in [2.24, 2.45) is 0 Å². The molecule has 0 radical (unpaired) electrons. The number of nitrogens with two attached hydrogens (primary N) is 1. The Morgan fingerprint density at radius 3 is 2.62 bits per heavy atom. The standard InChI is InChI=1S/C10H11N2O/c11-10-3-1-9(2-4-10)7-12-5-6-13-8-12/h1-6,8H,7,11H2/q+1. The fourth-order valence-electron chi connectivity index (χ4n) is 1.19. The third kappa shape index (κ3) is 1.87. The molecule has 0 fully saturated rings. The highest BCUT2D eigenvalue weighted by Crippen LogP contribution is 2.04. The second-order valence-corrected chi connectivity index (χ2v) is 2.94. The van der Waals surface area contributed by atoms with Gasteiger partial charge in [0.15, 0.2) is 12.8 Å². The van der Waals surface area contributed by atoms with Crippen molar-refractivity contribution in [1.29, 1.82) is 0 Å². The lowest BCUT2D eigenvalue weighted by Crippen LogP contribution is -2.30. The monoisotopic (exact) mass is 175 g/mol. The Balaban J connectivity index is 2.15. The van der Waals surface area contributed by atoms with E-state index >= 15 is 0 Å². The van der Waals surface area contributed by atoms with Crippen LogP contribution in [0, 0.1) is 0 Å². The topological polar surface area (TPSA) is 43.0 Å². The van der Waals surface area contributed by atoms with Gasteiger partial charge in [-0.1, -0.05) is 12.1 Å². The SMILES string of the molecule is Nc1ccc(C[n+]2ccoc2)cc1. The van der Waals surface area contributed by atoms with Gasteiger partial charge in [0.2, 0.25) is 6.20 Å². The molecule has 3 nitrogen and oxygen atoms in total. The van der Waals surface area contributed by atoms with E-state index in [2.05, 4.69) is 0 Å². The first-order chi connectivity index (χ1) is 6.34. The summed E-state index contributed by atoms with van der Waals surface area (Å²) in [4.78, 5) is 0. The lowest BCUT2D eigenvalue weighted by atomic mass is 10.2. The molecule has 0 aliphatic rings. The molecule has 1 aromatic carbocycles. The van der Waals surface area contributed by atoms with Gasteiger partial charge >= 0.3 is 6.39 Å². The van der Waals surface area contributed by atoms with Crippen molar-refractivity contribution in [2.75, 3.05) is 5.73 Å². The van der Waals surface area contributed by atoms with Crippen LogP contribution in [-0.4, -0.2) is 0 Å².